The van der Waals surface area contributed by atoms with Crippen LogP contribution in [0.3, 0.4) is 0 Å². The molecule has 3 rings (SSSR count). The summed E-state index contributed by atoms with van der Waals surface area (Å²) in [6.07, 6.45) is 2.68. The minimum Gasteiger partial charge on any atom is -0.393 e. The molecule has 2 heterocycles. The van der Waals surface area contributed by atoms with E-state index in [2.05, 4.69) is 27.7 Å². The highest BCUT2D eigenvalue weighted by Gasteiger charge is 2.19. The Hall–Kier alpha value is -2.61. The maximum absolute atomic E-state index is 14.7. The number of piperidine rings is 1. The molecule has 1 aliphatic heterocycles. The number of nitrogens with one attached hydrogen (secondary N) is 2. The lowest BCUT2D eigenvalue weighted by atomic mass is 10.1. The lowest BCUT2D eigenvalue weighted by molar-refractivity contribution is 0.145. The molecular formula is C23H34FN5O2. The molecule has 0 unspecified atom stereocenters. The van der Waals surface area contributed by atoms with Crippen molar-refractivity contribution >= 4 is 11.6 Å². The summed E-state index contributed by atoms with van der Waals surface area (Å²) in [6, 6.07) is 5.29. The van der Waals surface area contributed by atoms with E-state index in [1.54, 1.807) is 6.07 Å². The summed E-state index contributed by atoms with van der Waals surface area (Å²) in [7, 11) is 0. The van der Waals surface area contributed by atoms with Crippen molar-refractivity contribution in [2.24, 2.45) is 4.99 Å². The number of halogens is 1. The minimum atomic E-state index is -0.274. The van der Waals surface area contributed by atoms with Crippen LogP contribution in [-0.4, -0.2) is 42.0 Å². The van der Waals surface area contributed by atoms with Gasteiger partial charge in [0.05, 0.1) is 24.0 Å². The molecule has 0 saturated carbocycles. The van der Waals surface area contributed by atoms with E-state index in [1.165, 1.54) is 0 Å². The summed E-state index contributed by atoms with van der Waals surface area (Å²) >= 11 is 0. The van der Waals surface area contributed by atoms with Crippen LogP contribution in [0.4, 0.5) is 10.1 Å². The van der Waals surface area contributed by atoms with Crippen molar-refractivity contribution in [3.63, 3.8) is 0 Å². The van der Waals surface area contributed by atoms with Gasteiger partial charge in [0, 0.05) is 38.2 Å². The van der Waals surface area contributed by atoms with Crippen LogP contribution in [0.1, 0.15) is 56.2 Å². The van der Waals surface area contributed by atoms with Gasteiger partial charge in [0.1, 0.15) is 11.6 Å². The van der Waals surface area contributed by atoms with Crippen LogP contribution >= 0.6 is 0 Å². The van der Waals surface area contributed by atoms with E-state index < -0.39 is 0 Å². The molecule has 0 bridgehead atoms. The number of aliphatic imine (C=N–C) groups is 1. The first kappa shape index (κ1) is 23.1. The molecule has 0 atom stereocenters. The zero-order valence-electron chi connectivity index (χ0n) is 18.7. The Kier molecular flexibility index (Phi) is 8.28. The van der Waals surface area contributed by atoms with Gasteiger partial charge in [-0.2, -0.15) is 0 Å². The normalized spacial score (nSPS) is 15.4. The van der Waals surface area contributed by atoms with Crippen LogP contribution in [0.2, 0.25) is 0 Å². The van der Waals surface area contributed by atoms with E-state index >= 15 is 0 Å². The van der Waals surface area contributed by atoms with Gasteiger partial charge in [-0.1, -0.05) is 25.1 Å². The fraction of sp³-hybridized carbons (Fsp3) is 0.565. The number of hydrogen-bond acceptors (Lipinski definition) is 5. The van der Waals surface area contributed by atoms with Gasteiger partial charge in [-0.05, 0) is 43.9 Å². The first-order valence-electron chi connectivity index (χ1n) is 11.3. The standard InChI is InChI=1S/C23H34FN5O2/c1-4-20-18(22(5-2)31-28-20)15-27-23(25-6-3)26-14-16-7-8-21(19(24)13-16)29-11-9-17(30)10-12-29/h7-8,13,17,30H,4-6,9-12,14-15H2,1-3H3,(H2,25,26,27). The molecular weight excluding hydrogens is 397 g/mol. The highest BCUT2D eigenvalue weighted by molar-refractivity contribution is 5.79. The molecule has 7 nitrogen and oxygen atoms in total. The second kappa shape index (κ2) is 11.1. The summed E-state index contributed by atoms with van der Waals surface area (Å²) in [5, 5.41) is 20.4. The lowest BCUT2D eigenvalue weighted by Gasteiger charge is -2.31. The highest BCUT2D eigenvalue weighted by Crippen LogP contribution is 2.24. The lowest BCUT2D eigenvalue weighted by Crippen LogP contribution is -2.37. The molecule has 1 fully saturated rings. The second-order valence-corrected chi connectivity index (χ2v) is 7.79. The topological polar surface area (TPSA) is 85.9 Å². The number of nitrogens with zero attached hydrogens (tertiary/aromatic N) is 3. The first-order valence-corrected chi connectivity index (χ1v) is 11.3. The van der Waals surface area contributed by atoms with Crippen LogP contribution in [0, 0.1) is 5.82 Å². The third-order valence-corrected chi connectivity index (χ3v) is 5.62. The van der Waals surface area contributed by atoms with Crippen LogP contribution in [0.5, 0.6) is 0 Å². The summed E-state index contributed by atoms with van der Waals surface area (Å²) in [5.41, 5.74) is 3.45. The van der Waals surface area contributed by atoms with Crippen molar-refractivity contribution in [2.45, 2.75) is 65.6 Å². The SMILES string of the molecule is CCNC(=NCc1ccc(N2CCC(O)CC2)c(F)c1)NCc1c(CC)noc1CC. The van der Waals surface area contributed by atoms with Gasteiger partial charge in [-0.25, -0.2) is 9.38 Å². The number of guanidine groups is 1. The molecule has 170 valence electrons. The summed E-state index contributed by atoms with van der Waals surface area (Å²) < 4.78 is 20.1. The smallest absolute Gasteiger partial charge is 0.191 e. The molecule has 0 aliphatic carbocycles. The number of anilines is 1. The Bertz CT molecular complexity index is 853. The first-order chi connectivity index (χ1) is 15.0. The molecule has 0 spiro atoms. The molecule has 8 heteroatoms. The van der Waals surface area contributed by atoms with Crippen LogP contribution in [0.25, 0.3) is 0 Å². The Balaban J connectivity index is 1.65. The largest absolute Gasteiger partial charge is 0.393 e. The number of benzene rings is 1. The zero-order chi connectivity index (χ0) is 22.2. The van der Waals surface area contributed by atoms with Gasteiger partial charge in [-0.3, -0.25) is 0 Å². The molecule has 1 aromatic carbocycles. The van der Waals surface area contributed by atoms with Gasteiger partial charge in [0.25, 0.3) is 0 Å². The molecule has 1 aliphatic rings. The monoisotopic (exact) mass is 431 g/mol. The maximum Gasteiger partial charge on any atom is 0.191 e. The fourth-order valence-electron chi connectivity index (χ4n) is 3.83. The number of aliphatic hydroxyl groups excluding tert-OH is 1. The van der Waals surface area contributed by atoms with Gasteiger partial charge in [-0.15, -0.1) is 0 Å². The van der Waals surface area contributed by atoms with E-state index in [0.29, 0.717) is 50.7 Å². The summed E-state index contributed by atoms with van der Waals surface area (Å²) in [6.45, 7) is 9.14. The molecule has 0 amide bonds. The van der Waals surface area contributed by atoms with Gasteiger partial charge in [0.15, 0.2) is 5.96 Å². The van der Waals surface area contributed by atoms with E-state index in [4.69, 9.17) is 4.52 Å². The predicted molar refractivity (Wildman–Crippen MR) is 121 cm³/mol. The third kappa shape index (κ3) is 5.97. The zero-order valence-corrected chi connectivity index (χ0v) is 18.7. The van der Waals surface area contributed by atoms with Crippen molar-refractivity contribution in [2.75, 3.05) is 24.5 Å². The van der Waals surface area contributed by atoms with Gasteiger partial charge < -0.3 is 25.2 Å². The van der Waals surface area contributed by atoms with E-state index in [-0.39, 0.29) is 11.9 Å². The maximum atomic E-state index is 14.7. The van der Waals surface area contributed by atoms with Crippen molar-refractivity contribution in [1.82, 2.24) is 15.8 Å². The van der Waals surface area contributed by atoms with E-state index in [1.807, 2.05) is 30.9 Å². The summed E-state index contributed by atoms with van der Waals surface area (Å²) in [4.78, 5) is 6.61. The van der Waals surface area contributed by atoms with Gasteiger partial charge >= 0.3 is 0 Å². The minimum absolute atomic E-state index is 0.244. The number of aliphatic hydroxyl groups is 1. The Labute approximate surface area is 183 Å². The Morgan fingerprint density at radius 1 is 1.23 bits per heavy atom. The third-order valence-electron chi connectivity index (χ3n) is 5.62. The van der Waals surface area contributed by atoms with Crippen molar-refractivity contribution in [3.05, 3.63) is 46.6 Å². The number of aryl methyl sites for hydroxylation is 2. The predicted octanol–water partition coefficient (Wildman–Crippen LogP) is 3.15. The van der Waals surface area contributed by atoms with Crippen molar-refractivity contribution in [3.8, 4) is 0 Å². The molecule has 0 radical (unpaired) electrons. The number of rotatable bonds is 8. The van der Waals surface area contributed by atoms with E-state index in [0.717, 1.165) is 42.0 Å². The molecule has 1 aromatic heterocycles. The van der Waals surface area contributed by atoms with Crippen LogP contribution in [-0.2, 0) is 25.9 Å². The molecule has 2 aromatic rings. The van der Waals surface area contributed by atoms with Crippen molar-refractivity contribution in [1.29, 1.82) is 0 Å². The average Bonchev–Trinajstić information content (AvgIpc) is 3.18. The Morgan fingerprint density at radius 2 is 2.00 bits per heavy atom. The highest BCUT2D eigenvalue weighted by atomic mass is 19.1. The Morgan fingerprint density at radius 3 is 2.65 bits per heavy atom. The quantitative estimate of drug-likeness (QED) is 0.440. The van der Waals surface area contributed by atoms with Crippen LogP contribution < -0.4 is 15.5 Å². The fourth-order valence-corrected chi connectivity index (χ4v) is 3.83. The molecule has 1 saturated heterocycles. The van der Waals surface area contributed by atoms with Crippen LogP contribution in [0.15, 0.2) is 27.7 Å². The summed E-state index contributed by atoms with van der Waals surface area (Å²) in [5.74, 6) is 1.32. The molecule has 31 heavy (non-hydrogen) atoms. The van der Waals surface area contributed by atoms with Gasteiger partial charge in [0.2, 0.25) is 0 Å². The second-order valence-electron chi connectivity index (χ2n) is 7.79. The van der Waals surface area contributed by atoms with Crippen molar-refractivity contribution < 1.29 is 14.0 Å². The van der Waals surface area contributed by atoms with E-state index in [9.17, 15) is 9.50 Å². The number of aromatic nitrogens is 1. The molecule has 3 N–H and O–H groups in total. The average molecular weight is 432 g/mol. The number of hydrogen-bond donors (Lipinski definition) is 3.